The molecule has 0 saturated heterocycles. The van der Waals surface area contributed by atoms with E-state index in [1.807, 2.05) is 26.8 Å². The number of halogens is 1. The quantitative estimate of drug-likeness (QED) is 0.296. The van der Waals surface area contributed by atoms with Gasteiger partial charge in [-0.3, -0.25) is 19.9 Å². The van der Waals surface area contributed by atoms with Crippen LogP contribution in [0.5, 0.6) is 0 Å². The van der Waals surface area contributed by atoms with Gasteiger partial charge in [-0.1, -0.05) is 36.4 Å². The van der Waals surface area contributed by atoms with Gasteiger partial charge < -0.3 is 14.9 Å². The van der Waals surface area contributed by atoms with Crippen molar-refractivity contribution in [2.75, 3.05) is 0 Å². The number of hydrogen-bond donors (Lipinski definition) is 3. The van der Waals surface area contributed by atoms with E-state index in [1.165, 1.54) is 12.3 Å². The second-order valence-electron chi connectivity index (χ2n) is 9.17. The number of carbonyl (C=O) groups excluding carboxylic acids is 1. The van der Waals surface area contributed by atoms with Gasteiger partial charge in [0, 0.05) is 24.7 Å². The van der Waals surface area contributed by atoms with Crippen LogP contribution < -0.4 is 5.32 Å². The lowest BCUT2D eigenvalue weighted by Crippen LogP contribution is -2.37. The van der Waals surface area contributed by atoms with Gasteiger partial charge in [-0.15, -0.1) is 0 Å². The third-order valence-electron chi connectivity index (χ3n) is 5.16. The van der Waals surface area contributed by atoms with Crippen LogP contribution in [-0.2, 0) is 28.9 Å². The fourth-order valence-corrected chi connectivity index (χ4v) is 3.59. The lowest BCUT2D eigenvalue weighted by Gasteiger charge is -2.25. The highest BCUT2D eigenvalue weighted by Crippen LogP contribution is 2.27. The number of rotatable bonds is 10. The summed E-state index contributed by atoms with van der Waals surface area (Å²) in [5, 5.41) is 22.3. The maximum absolute atomic E-state index is 14.0. The molecule has 3 rings (SSSR count). The number of Topliss-reactive ketones (excluding diaryl/α,β-unsaturated/α-hetero) is 1. The Morgan fingerprint density at radius 1 is 1.09 bits per heavy atom. The number of aliphatic hydroxyl groups excluding tert-OH is 1. The van der Waals surface area contributed by atoms with Gasteiger partial charge in [0.15, 0.2) is 5.78 Å². The standard InChI is InChI=1S/C27H29FN2O5/c1-27(2,3)35-26(34)30-15-21-8-7-20(24(31)14-19-9-10-29-16-23(19)28)13-22(21)18-6-4-5-17(11-18)12-25(32)33/h4-11,13,16,26,30,34H,12,14-15H2,1-3H3,(H,32,33). The number of benzene rings is 2. The predicted molar refractivity (Wildman–Crippen MR) is 129 cm³/mol. The number of aromatic nitrogens is 1. The minimum Gasteiger partial charge on any atom is -0.481 e. The second kappa shape index (κ2) is 11.3. The van der Waals surface area contributed by atoms with Gasteiger partial charge in [-0.2, -0.15) is 0 Å². The van der Waals surface area contributed by atoms with Crippen LogP contribution in [0.25, 0.3) is 11.1 Å². The number of aliphatic carboxylic acids is 1. The molecule has 184 valence electrons. The van der Waals surface area contributed by atoms with E-state index in [0.29, 0.717) is 16.7 Å². The molecule has 8 heteroatoms. The highest BCUT2D eigenvalue weighted by atomic mass is 19.1. The summed E-state index contributed by atoms with van der Waals surface area (Å²) < 4.78 is 19.5. The minimum absolute atomic E-state index is 0.122. The average molecular weight is 481 g/mol. The Kier molecular flexibility index (Phi) is 8.45. The number of carbonyl (C=O) groups is 2. The van der Waals surface area contributed by atoms with Crippen LogP contribution >= 0.6 is 0 Å². The monoisotopic (exact) mass is 480 g/mol. The zero-order valence-electron chi connectivity index (χ0n) is 19.9. The van der Waals surface area contributed by atoms with E-state index in [1.54, 1.807) is 36.4 Å². The van der Waals surface area contributed by atoms with Crippen molar-refractivity contribution >= 4 is 11.8 Å². The number of carboxylic acid groups (broad SMARTS) is 1. The zero-order chi connectivity index (χ0) is 25.6. The molecule has 0 aliphatic rings. The van der Waals surface area contributed by atoms with Crippen molar-refractivity contribution in [1.29, 1.82) is 0 Å². The minimum atomic E-state index is -1.21. The van der Waals surface area contributed by atoms with Crippen LogP contribution in [0.2, 0.25) is 0 Å². The number of carboxylic acids is 1. The maximum Gasteiger partial charge on any atom is 0.307 e. The average Bonchev–Trinajstić information content (AvgIpc) is 2.77. The Morgan fingerprint density at radius 2 is 1.86 bits per heavy atom. The molecule has 0 bridgehead atoms. The van der Waals surface area contributed by atoms with Gasteiger partial charge in [0.2, 0.25) is 6.41 Å². The Balaban J connectivity index is 1.93. The molecule has 0 amide bonds. The second-order valence-corrected chi connectivity index (χ2v) is 9.17. The number of hydrogen-bond acceptors (Lipinski definition) is 6. The number of pyridine rings is 1. The summed E-state index contributed by atoms with van der Waals surface area (Å²) in [5.74, 6) is -1.76. The van der Waals surface area contributed by atoms with Crippen LogP contribution in [0, 0.1) is 5.82 Å². The van der Waals surface area contributed by atoms with Crippen LogP contribution in [0.3, 0.4) is 0 Å². The highest BCUT2D eigenvalue weighted by Gasteiger charge is 2.18. The summed E-state index contributed by atoms with van der Waals surface area (Å²) in [6, 6.07) is 13.6. The molecular weight excluding hydrogens is 451 g/mol. The van der Waals surface area contributed by atoms with Gasteiger partial charge in [0.05, 0.1) is 18.2 Å². The molecule has 3 N–H and O–H groups in total. The molecule has 0 aliphatic carbocycles. The van der Waals surface area contributed by atoms with Crippen molar-refractivity contribution in [2.24, 2.45) is 0 Å². The van der Waals surface area contributed by atoms with Crippen LogP contribution in [0.4, 0.5) is 4.39 Å². The Bertz CT molecular complexity index is 1210. The molecule has 3 aromatic rings. The molecule has 7 nitrogen and oxygen atoms in total. The van der Waals surface area contributed by atoms with Gasteiger partial charge in [-0.25, -0.2) is 4.39 Å². The number of aliphatic hydroxyl groups is 1. The first kappa shape index (κ1) is 26.2. The van der Waals surface area contributed by atoms with Crippen molar-refractivity contribution in [1.82, 2.24) is 10.3 Å². The SMILES string of the molecule is CC(C)(C)OC(O)NCc1ccc(C(=O)Cc2ccncc2F)cc1-c1cccc(CC(=O)O)c1. The molecule has 0 spiro atoms. The van der Waals surface area contributed by atoms with E-state index < -0.39 is 23.8 Å². The zero-order valence-corrected chi connectivity index (χ0v) is 19.9. The lowest BCUT2D eigenvalue weighted by atomic mass is 9.93. The molecule has 1 aromatic heterocycles. The van der Waals surface area contributed by atoms with Crippen molar-refractivity contribution in [3.63, 3.8) is 0 Å². The predicted octanol–water partition coefficient (Wildman–Crippen LogP) is 4.12. The summed E-state index contributed by atoms with van der Waals surface area (Å²) in [5.41, 5.74) is 2.86. The van der Waals surface area contributed by atoms with E-state index in [-0.39, 0.29) is 30.7 Å². The topological polar surface area (TPSA) is 109 Å². The Morgan fingerprint density at radius 3 is 2.54 bits per heavy atom. The van der Waals surface area contributed by atoms with Crippen LogP contribution in [0.1, 0.15) is 47.8 Å². The normalized spacial score (nSPS) is 12.4. The summed E-state index contributed by atoms with van der Waals surface area (Å²) in [7, 11) is 0. The van der Waals surface area contributed by atoms with Gasteiger partial charge in [-0.05, 0) is 60.7 Å². The summed E-state index contributed by atoms with van der Waals surface area (Å²) >= 11 is 0. The molecule has 2 aromatic carbocycles. The first-order valence-electron chi connectivity index (χ1n) is 11.2. The summed E-state index contributed by atoms with van der Waals surface area (Å²) in [6.07, 6.45) is 1.03. The largest absolute Gasteiger partial charge is 0.481 e. The lowest BCUT2D eigenvalue weighted by molar-refractivity contribution is -0.182. The third kappa shape index (κ3) is 7.78. The van der Waals surface area contributed by atoms with Crippen LogP contribution in [0.15, 0.2) is 60.9 Å². The Hall–Kier alpha value is -3.46. The van der Waals surface area contributed by atoms with Gasteiger partial charge in [0.25, 0.3) is 0 Å². The van der Waals surface area contributed by atoms with Crippen molar-refractivity contribution in [3.05, 3.63) is 89.0 Å². The molecule has 0 aliphatic heterocycles. The molecule has 35 heavy (non-hydrogen) atoms. The van der Waals surface area contributed by atoms with Crippen molar-refractivity contribution < 1.29 is 28.9 Å². The van der Waals surface area contributed by atoms with E-state index in [4.69, 9.17) is 9.84 Å². The smallest absolute Gasteiger partial charge is 0.307 e. The molecule has 1 unspecified atom stereocenters. The fraction of sp³-hybridized carbons (Fsp3) is 0.296. The summed E-state index contributed by atoms with van der Waals surface area (Å²) in [4.78, 5) is 27.9. The third-order valence-corrected chi connectivity index (χ3v) is 5.16. The molecule has 1 heterocycles. The van der Waals surface area contributed by atoms with E-state index in [2.05, 4.69) is 10.3 Å². The van der Waals surface area contributed by atoms with Crippen LogP contribution in [-0.4, -0.2) is 39.0 Å². The first-order valence-corrected chi connectivity index (χ1v) is 11.2. The van der Waals surface area contributed by atoms with E-state index in [9.17, 15) is 19.1 Å². The number of nitrogens with zero attached hydrogens (tertiary/aromatic N) is 1. The van der Waals surface area contributed by atoms with Crippen molar-refractivity contribution in [2.45, 2.75) is 52.2 Å². The van der Waals surface area contributed by atoms with Gasteiger partial charge >= 0.3 is 5.97 Å². The van der Waals surface area contributed by atoms with Crippen molar-refractivity contribution in [3.8, 4) is 11.1 Å². The van der Waals surface area contributed by atoms with E-state index in [0.717, 1.165) is 17.3 Å². The number of nitrogens with one attached hydrogen (secondary N) is 1. The maximum atomic E-state index is 14.0. The van der Waals surface area contributed by atoms with Gasteiger partial charge in [0.1, 0.15) is 5.82 Å². The Labute approximate surface area is 203 Å². The first-order chi connectivity index (χ1) is 16.5. The fourth-order valence-electron chi connectivity index (χ4n) is 3.59. The molecule has 0 radical (unpaired) electrons. The number of ketones is 1. The molecule has 0 saturated carbocycles. The molecule has 0 fully saturated rings. The summed E-state index contributed by atoms with van der Waals surface area (Å²) in [6.45, 7) is 5.69. The van der Waals surface area contributed by atoms with E-state index >= 15 is 0 Å². The number of ether oxygens (including phenoxy) is 1. The molecule has 1 atom stereocenters. The molecular formula is C27H29FN2O5. The highest BCUT2D eigenvalue weighted by molar-refractivity contribution is 5.98.